The fourth-order valence-electron chi connectivity index (χ4n) is 3.57. The number of carboxylic acids is 1. The molecule has 3 heterocycles. The van der Waals surface area contributed by atoms with E-state index in [4.69, 9.17) is 9.52 Å². The Morgan fingerprint density at radius 1 is 1.24 bits per heavy atom. The molecule has 0 spiro atoms. The van der Waals surface area contributed by atoms with Gasteiger partial charge in [0.25, 0.3) is 5.91 Å². The lowest BCUT2D eigenvalue weighted by atomic mass is 10.0. The van der Waals surface area contributed by atoms with Gasteiger partial charge < -0.3 is 14.8 Å². The molecule has 0 radical (unpaired) electrons. The highest BCUT2D eigenvalue weighted by Gasteiger charge is 2.46. The first-order valence-corrected chi connectivity index (χ1v) is 9.82. The Balaban J connectivity index is 1.75. The van der Waals surface area contributed by atoms with Crippen molar-refractivity contribution in [3.63, 3.8) is 0 Å². The van der Waals surface area contributed by atoms with Gasteiger partial charge in [-0.3, -0.25) is 19.4 Å². The van der Waals surface area contributed by atoms with E-state index < -0.39 is 15.8 Å². The number of carbonyl (C=O) groups excluding carboxylic acids is 1. The number of aliphatic carboxylic acids is 1. The number of carbonyl (C=O) groups is 2. The van der Waals surface area contributed by atoms with Crippen molar-refractivity contribution in [2.24, 2.45) is 0 Å². The van der Waals surface area contributed by atoms with Crippen LogP contribution in [0.1, 0.15) is 16.3 Å². The average molecular weight is 371 g/mol. The quantitative estimate of drug-likeness (QED) is 0.677. The Bertz CT molecular complexity index is 774. The van der Waals surface area contributed by atoms with Gasteiger partial charge in [-0.1, -0.05) is 0 Å². The molecule has 2 fully saturated rings. The van der Waals surface area contributed by atoms with Crippen LogP contribution < -0.4 is 5.32 Å². The number of nitrogens with one attached hydrogen (secondary N) is 1. The van der Waals surface area contributed by atoms with Crippen LogP contribution >= 0.6 is 0 Å². The smallest absolute Gasteiger partial charge is 0.317 e. The van der Waals surface area contributed by atoms with Gasteiger partial charge in [0.05, 0.1) is 24.6 Å². The van der Waals surface area contributed by atoms with E-state index >= 15 is 0 Å². The number of carboxylic acid groups (broad SMARTS) is 1. The Morgan fingerprint density at radius 2 is 1.88 bits per heavy atom. The Morgan fingerprint density at radius 3 is 2.52 bits per heavy atom. The zero-order valence-electron chi connectivity index (χ0n) is 13.8. The predicted octanol–water partition coefficient (Wildman–Crippen LogP) is -0.993. The first-order chi connectivity index (χ1) is 11.8. The van der Waals surface area contributed by atoms with E-state index in [2.05, 4.69) is 5.32 Å². The number of piperazine rings is 1. The summed E-state index contributed by atoms with van der Waals surface area (Å²) in [5, 5.41) is 11.5. The summed E-state index contributed by atoms with van der Waals surface area (Å²) in [5.41, 5.74) is 0. The highest BCUT2D eigenvalue weighted by Crippen LogP contribution is 2.28. The summed E-state index contributed by atoms with van der Waals surface area (Å²) in [6, 6.07) is 2.68. The SMILES string of the molecule is CNC(=O)c1ccc(CN2CCN(CC(=O)O)[C@@H]3CS(=O)(=O)C[C@@H]32)o1. The van der Waals surface area contributed by atoms with Crippen LogP contribution in [0, 0.1) is 0 Å². The minimum absolute atomic E-state index is 0.0107. The highest BCUT2D eigenvalue weighted by molar-refractivity contribution is 7.91. The summed E-state index contributed by atoms with van der Waals surface area (Å²) in [6.45, 7) is 1.24. The maximum Gasteiger partial charge on any atom is 0.317 e. The molecule has 1 aromatic rings. The lowest BCUT2D eigenvalue weighted by molar-refractivity contribution is -0.140. The standard InChI is InChI=1S/C15H21N3O6S/c1-16-15(21)13-3-2-10(24-13)6-17-4-5-18(7-14(19)20)12-9-25(22,23)8-11(12)17/h2-3,11-12H,4-9H2,1H3,(H,16,21)(H,19,20)/t11-,12+/m0/s1. The fraction of sp³-hybridized carbons (Fsp3) is 0.600. The van der Waals surface area contributed by atoms with E-state index in [9.17, 15) is 18.0 Å². The Labute approximate surface area is 145 Å². The summed E-state index contributed by atoms with van der Waals surface area (Å²) in [6.07, 6.45) is 0. The van der Waals surface area contributed by atoms with Crippen molar-refractivity contribution in [1.82, 2.24) is 15.1 Å². The molecule has 2 saturated heterocycles. The monoisotopic (exact) mass is 371 g/mol. The van der Waals surface area contributed by atoms with E-state index in [0.717, 1.165) is 0 Å². The van der Waals surface area contributed by atoms with Crippen LogP contribution in [0.25, 0.3) is 0 Å². The van der Waals surface area contributed by atoms with Crippen LogP contribution in [0.15, 0.2) is 16.5 Å². The maximum atomic E-state index is 12.1. The second-order valence-electron chi connectivity index (χ2n) is 6.39. The third-order valence-corrected chi connectivity index (χ3v) is 6.41. The van der Waals surface area contributed by atoms with Crippen molar-refractivity contribution in [3.05, 3.63) is 23.7 Å². The molecule has 0 unspecified atom stereocenters. The van der Waals surface area contributed by atoms with Crippen molar-refractivity contribution >= 4 is 21.7 Å². The van der Waals surface area contributed by atoms with Crippen LogP contribution in [-0.2, 0) is 21.2 Å². The molecule has 0 bridgehead atoms. The lowest BCUT2D eigenvalue weighted by Crippen LogP contribution is -2.59. The van der Waals surface area contributed by atoms with Gasteiger partial charge >= 0.3 is 5.97 Å². The number of rotatable bonds is 5. The molecular formula is C15H21N3O6S. The molecule has 0 aliphatic carbocycles. The third-order valence-electron chi connectivity index (χ3n) is 4.72. The molecule has 25 heavy (non-hydrogen) atoms. The van der Waals surface area contributed by atoms with E-state index in [-0.39, 0.29) is 41.8 Å². The first kappa shape index (κ1) is 17.9. The Hall–Kier alpha value is -1.91. The molecule has 138 valence electrons. The second-order valence-corrected chi connectivity index (χ2v) is 8.55. The molecule has 2 N–H and O–H groups in total. The molecule has 2 aliphatic heterocycles. The van der Waals surface area contributed by atoms with Gasteiger partial charge in [-0.15, -0.1) is 0 Å². The summed E-state index contributed by atoms with van der Waals surface area (Å²) >= 11 is 0. The highest BCUT2D eigenvalue weighted by atomic mass is 32.2. The van der Waals surface area contributed by atoms with E-state index in [1.165, 1.54) is 7.05 Å². The van der Waals surface area contributed by atoms with Gasteiger partial charge in [-0.05, 0) is 12.1 Å². The number of fused-ring (bicyclic) bond motifs is 1. The molecule has 3 rings (SSSR count). The van der Waals surface area contributed by atoms with Crippen molar-refractivity contribution in [3.8, 4) is 0 Å². The van der Waals surface area contributed by atoms with E-state index in [1.807, 2.05) is 4.90 Å². The number of hydrogen-bond donors (Lipinski definition) is 2. The van der Waals surface area contributed by atoms with Crippen molar-refractivity contribution in [2.75, 3.05) is 38.2 Å². The van der Waals surface area contributed by atoms with Gasteiger partial charge in [-0.2, -0.15) is 0 Å². The summed E-state index contributed by atoms with van der Waals surface area (Å²) in [5.74, 6) is -0.512. The van der Waals surface area contributed by atoms with Crippen LogP contribution in [0.4, 0.5) is 0 Å². The predicted molar refractivity (Wildman–Crippen MR) is 87.9 cm³/mol. The molecule has 9 nitrogen and oxygen atoms in total. The zero-order valence-corrected chi connectivity index (χ0v) is 14.7. The number of furan rings is 1. The van der Waals surface area contributed by atoms with Crippen LogP contribution in [0.3, 0.4) is 0 Å². The topological polar surface area (TPSA) is 120 Å². The molecule has 0 aromatic carbocycles. The third kappa shape index (κ3) is 3.86. The summed E-state index contributed by atoms with van der Waals surface area (Å²) < 4.78 is 29.7. The van der Waals surface area contributed by atoms with Crippen LogP contribution in [-0.4, -0.2) is 85.5 Å². The van der Waals surface area contributed by atoms with Gasteiger partial charge in [0.1, 0.15) is 5.76 Å². The molecule has 0 saturated carbocycles. The van der Waals surface area contributed by atoms with E-state index in [0.29, 0.717) is 25.4 Å². The molecule has 10 heteroatoms. The number of nitrogens with zero attached hydrogens (tertiary/aromatic N) is 2. The zero-order chi connectivity index (χ0) is 18.2. The lowest BCUT2D eigenvalue weighted by Gasteiger charge is -2.42. The minimum atomic E-state index is -3.21. The molecule has 2 aliphatic rings. The molecular weight excluding hydrogens is 350 g/mol. The normalized spacial score (nSPS) is 26.3. The fourth-order valence-corrected chi connectivity index (χ4v) is 5.61. The van der Waals surface area contributed by atoms with Crippen molar-refractivity contribution in [2.45, 2.75) is 18.6 Å². The Kier molecular flexibility index (Phi) is 4.85. The maximum absolute atomic E-state index is 12.1. The van der Waals surface area contributed by atoms with Gasteiger partial charge in [-0.25, -0.2) is 8.42 Å². The van der Waals surface area contributed by atoms with Crippen molar-refractivity contribution in [1.29, 1.82) is 0 Å². The molecule has 1 aromatic heterocycles. The summed E-state index contributed by atoms with van der Waals surface area (Å²) in [4.78, 5) is 26.3. The number of hydrogen-bond acceptors (Lipinski definition) is 7. The largest absolute Gasteiger partial charge is 0.480 e. The summed E-state index contributed by atoms with van der Waals surface area (Å²) in [7, 11) is -1.69. The minimum Gasteiger partial charge on any atom is -0.480 e. The second kappa shape index (κ2) is 6.77. The first-order valence-electron chi connectivity index (χ1n) is 8.00. The van der Waals surface area contributed by atoms with Crippen molar-refractivity contribution < 1.29 is 27.5 Å². The van der Waals surface area contributed by atoms with E-state index in [1.54, 1.807) is 17.0 Å². The number of amides is 1. The number of sulfone groups is 1. The van der Waals surface area contributed by atoms with Gasteiger partial charge in [0, 0.05) is 32.2 Å². The van der Waals surface area contributed by atoms with Crippen LogP contribution in [0.2, 0.25) is 0 Å². The van der Waals surface area contributed by atoms with Gasteiger partial charge in [0.2, 0.25) is 0 Å². The molecule has 2 atom stereocenters. The van der Waals surface area contributed by atoms with Crippen LogP contribution in [0.5, 0.6) is 0 Å². The van der Waals surface area contributed by atoms with Gasteiger partial charge in [0.15, 0.2) is 15.6 Å². The molecule has 1 amide bonds. The average Bonchev–Trinajstić information content (AvgIpc) is 3.12.